The Balaban J connectivity index is 2.21. The first-order valence-electron chi connectivity index (χ1n) is 6.13. The Labute approximate surface area is 113 Å². The highest BCUT2D eigenvalue weighted by molar-refractivity contribution is 5.82. The quantitative estimate of drug-likeness (QED) is 0.847. The zero-order valence-corrected chi connectivity index (χ0v) is 10.5. The first kappa shape index (κ1) is 14.8. The molecule has 2 rings (SSSR count). The van der Waals surface area contributed by atoms with E-state index in [9.17, 15) is 22.4 Å². The summed E-state index contributed by atoms with van der Waals surface area (Å²) in [5, 5.41) is 0. The first-order valence-corrected chi connectivity index (χ1v) is 6.13. The van der Waals surface area contributed by atoms with Crippen LogP contribution in [0.25, 0.3) is 0 Å². The summed E-state index contributed by atoms with van der Waals surface area (Å²) in [6, 6.07) is 4.82. The van der Waals surface area contributed by atoms with E-state index in [2.05, 4.69) is 0 Å². The number of piperidine rings is 1. The number of carbonyl (C=O) groups excluding carboxylic acids is 1. The van der Waals surface area contributed by atoms with Crippen molar-refractivity contribution in [2.75, 3.05) is 13.1 Å². The van der Waals surface area contributed by atoms with Gasteiger partial charge in [-0.15, -0.1) is 0 Å². The van der Waals surface area contributed by atoms with Crippen LogP contribution in [0.2, 0.25) is 0 Å². The van der Waals surface area contributed by atoms with Crippen LogP contribution in [0, 0.1) is 5.82 Å². The van der Waals surface area contributed by atoms with Gasteiger partial charge in [-0.25, -0.2) is 4.39 Å². The monoisotopic (exact) mass is 290 g/mol. The summed E-state index contributed by atoms with van der Waals surface area (Å²) in [4.78, 5) is 12.3. The second-order valence-corrected chi connectivity index (χ2v) is 4.89. The molecule has 1 saturated heterocycles. The third-order valence-corrected chi connectivity index (χ3v) is 3.32. The SMILES string of the molecule is N[C@H]1C[C@@H](c2ccccc2F)CN(CC(F)(F)F)C1=O. The zero-order valence-electron chi connectivity index (χ0n) is 10.5. The van der Waals surface area contributed by atoms with Gasteiger partial charge in [0.05, 0.1) is 6.04 Å². The number of nitrogens with zero attached hydrogens (tertiary/aromatic N) is 1. The average molecular weight is 290 g/mol. The van der Waals surface area contributed by atoms with E-state index in [0.717, 1.165) is 0 Å². The molecular weight excluding hydrogens is 276 g/mol. The molecule has 1 aliphatic rings. The molecule has 7 heteroatoms. The Kier molecular flexibility index (Phi) is 3.99. The van der Waals surface area contributed by atoms with Gasteiger partial charge in [-0.3, -0.25) is 4.79 Å². The predicted octanol–water partition coefficient (Wildman–Crippen LogP) is 2.03. The Hall–Kier alpha value is -1.63. The number of carbonyl (C=O) groups is 1. The van der Waals surface area contributed by atoms with E-state index in [1.165, 1.54) is 18.2 Å². The second-order valence-electron chi connectivity index (χ2n) is 4.89. The molecule has 1 fully saturated rings. The molecule has 110 valence electrons. The molecule has 0 spiro atoms. The lowest BCUT2D eigenvalue weighted by Crippen LogP contribution is -2.53. The molecule has 20 heavy (non-hydrogen) atoms. The fraction of sp³-hybridized carbons (Fsp3) is 0.462. The normalized spacial score (nSPS) is 24.1. The number of benzene rings is 1. The van der Waals surface area contributed by atoms with E-state index in [1.54, 1.807) is 6.07 Å². The van der Waals surface area contributed by atoms with Gasteiger partial charge in [0.1, 0.15) is 12.4 Å². The van der Waals surface area contributed by atoms with Gasteiger partial charge in [0.25, 0.3) is 0 Å². The summed E-state index contributed by atoms with van der Waals surface area (Å²) in [7, 11) is 0. The van der Waals surface area contributed by atoms with Crippen molar-refractivity contribution >= 4 is 5.91 Å². The number of hydrogen-bond acceptors (Lipinski definition) is 2. The van der Waals surface area contributed by atoms with Crippen LogP contribution in [-0.2, 0) is 4.79 Å². The topological polar surface area (TPSA) is 46.3 Å². The van der Waals surface area contributed by atoms with Gasteiger partial charge < -0.3 is 10.6 Å². The van der Waals surface area contributed by atoms with Crippen molar-refractivity contribution in [1.29, 1.82) is 0 Å². The van der Waals surface area contributed by atoms with E-state index in [-0.39, 0.29) is 13.0 Å². The highest BCUT2D eigenvalue weighted by Crippen LogP contribution is 2.30. The lowest BCUT2D eigenvalue weighted by atomic mass is 9.87. The standard InChI is InChI=1S/C13H14F4N2O/c14-10-4-2-1-3-9(10)8-5-11(18)12(20)19(6-8)7-13(15,16)17/h1-4,8,11H,5-7,18H2/t8-,11+/m1/s1. The Bertz CT molecular complexity index is 503. The van der Waals surface area contributed by atoms with Gasteiger partial charge in [0.15, 0.2) is 0 Å². The van der Waals surface area contributed by atoms with Crippen molar-refractivity contribution in [3.8, 4) is 0 Å². The van der Waals surface area contributed by atoms with Gasteiger partial charge in [-0.1, -0.05) is 18.2 Å². The van der Waals surface area contributed by atoms with Crippen LogP contribution in [0.3, 0.4) is 0 Å². The number of nitrogens with two attached hydrogens (primary N) is 1. The molecule has 1 heterocycles. The molecule has 0 saturated carbocycles. The summed E-state index contributed by atoms with van der Waals surface area (Å²) < 4.78 is 51.0. The van der Waals surface area contributed by atoms with Crippen molar-refractivity contribution in [1.82, 2.24) is 4.90 Å². The molecule has 2 atom stereocenters. The maximum Gasteiger partial charge on any atom is 0.406 e. The molecule has 3 nitrogen and oxygen atoms in total. The third-order valence-electron chi connectivity index (χ3n) is 3.32. The van der Waals surface area contributed by atoms with Crippen molar-refractivity contribution in [3.63, 3.8) is 0 Å². The zero-order chi connectivity index (χ0) is 14.9. The minimum absolute atomic E-state index is 0.147. The molecule has 1 aromatic carbocycles. The Morgan fingerprint density at radius 2 is 1.95 bits per heavy atom. The van der Waals surface area contributed by atoms with Crippen LogP contribution in [-0.4, -0.2) is 36.1 Å². The minimum Gasteiger partial charge on any atom is -0.332 e. The minimum atomic E-state index is -4.49. The van der Waals surface area contributed by atoms with Crippen LogP contribution < -0.4 is 5.73 Å². The fourth-order valence-corrected chi connectivity index (χ4v) is 2.46. The second kappa shape index (κ2) is 5.40. The molecule has 0 aromatic heterocycles. The van der Waals surface area contributed by atoms with Crippen LogP contribution in [0.5, 0.6) is 0 Å². The third kappa shape index (κ3) is 3.27. The number of alkyl halides is 3. The van der Waals surface area contributed by atoms with E-state index in [4.69, 9.17) is 5.73 Å². The van der Waals surface area contributed by atoms with Gasteiger partial charge in [-0.2, -0.15) is 13.2 Å². The van der Waals surface area contributed by atoms with Crippen molar-refractivity contribution < 1.29 is 22.4 Å². The van der Waals surface area contributed by atoms with Crippen molar-refractivity contribution in [2.45, 2.75) is 24.6 Å². The van der Waals surface area contributed by atoms with Gasteiger partial charge in [0.2, 0.25) is 5.91 Å². The molecular formula is C13H14F4N2O. The lowest BCUT2D eigenvalue weighted by molar-refractivity contribution is -0.165. The Morgan fingerprint density at radius 3 is 2.55 bits per heavy atom. The fourth-order valence-electron chi connectivity index (χ4n) is 2.46. The van der Waals surface area contributed by atoms with E-state index in [1.807, 2.05) is 0 Å². The lowest BCUT2D eigenvalue weighted by Gasteiger charge is -2.36. The summed E-state index contributed by atoms with van der Waals surface area (Å²) >= 11 is 0. The first-order chi connectivity index (χ1) is 9.28. The number of amides is 1. The molecule has 0 radical (unpaired) electrons. The summed E-state index contributed by atoms with van der Waals surface area (Å²) in [6.45, 7) is -1.53. The van der Waals surface area contributed by atoms with Crippen LogP contribution in [0.1, 0.15) is 17.9 Å². The largest absolute Gasteiger partial charge is 0.406 e. The van der Waals surface area contributed by atoms with Gasteiger partial charge in [-0.05, 0) is 18.1 Å². The highest BCUT2D eigenvalue weighted by atomic mass is 19.4. The molecule has 0 aliphatic carbocycles. The summed E-state index contributed by atoms with van der Waals surface area (Å²) in [5.74, 6) is -1.76. The number of rotatable bonds is 2. The maximum atomic E-state index is 13.7. The maximum absolute atomic E-state index is 13.7. The number of likely N-dealkylation sites (tertiary alicyclic amines) is 1. The Morgan fingerprint density at radius 1 is 1.30 bits per heavy atom. The van der Waals surface area contributed by atoms with E-state index < -0.39 is 36.4 Å². The van der Waals surface area contributed by atoms with Gasteiger partial charge in [0, 0.05) is 12.5 Å². The number of hydrogen-bond donors (Lipinski definition) is 1. The predicted molar refractivity (Wildman–Crippen MR) is 64.4 cm³/mol. The molecule has 2 N–H and O–H groups in total. The molecule has 1 amide bonds. The van der Waals surface area contributed by atoms with E-state index in [0.29, 0.717) is 10.5 Å². The van der Waals surface area contributed by atoms with Crippen molar-refractivity contribution in [3.05, 3.63) is 35.6 Å². The summed E-state index contributed by atoms with van der Waals surface area (Å²) in [5.41, 5.74) is 5.88. The number of halogens is 4. The smallest absolute Gasteiger partial charge is 0.332 e. The molecule has 1 aromatic rings. The van der Waals surface area contributed by atoms with Crippen LogP contribution >= 0.6 is 0 Å². The van der Waals surface area contributed by atoms with Crippen LogP contribution in [0.4, 0.5) is 17.6 Å². The molecule has 0 unspecified atom stereocenters. The van der Waals surface area contributed by atoms with Gasteiger partial charge >= 0.3 is 6.18 Å². The van der Waals surface area contributed by atoms with E-state index >= 15 is 0 Å². The molecule has 1 aliphatic heterocycles. The van der Waals surface area contributed by atoms with Crippen molar-refractivity contribution in [2.24, 2.45) is 5.73 Å². The highest BCUT2D eigenvalue weighted by Gasteiger charge is 2.39. The summed E-state index contributed by atoms with van der Waals surface area (Å²) in [6.07, 6.45) is -4.35. The average Bonchev–Trinajstić information content (AvgIpc) is 2.33. The molecule has 0 bridgehead atoms. The van der Waals surface area contributed by atoms with Crippen LogP contribution in [0.15, 0.2) is 24.3 Å².